The van der Waals surface area contributed by atoms with Crippen LogP contribution in [0, 0.1) is 0 Å². The van der Waals surface area contributed by atoms with E-state index in [4.69, 9.17) is 5.73 Å². The van der Waals surface area contributed by atoms with E-state index in [1.54, 1.807) is 6.20 Å². The van der Waals surface area contributed by atoms with Crippen molar-refractivity contribution >= 4 is 27.7 Å². The Morgan fingerprint density at radius 3 is 3.00 bits per heavy atom. The lowest BCUT2D eigenvalue weighted by molar-refractivity contribution is 0.746. The number of rotatable bonds is 5. The van der Waals surface area contributed by atoms with Gasteiger partial charge in [-0.2, -0.15) is 11.8 Å². The van der Waals surface area contributed by atoms with Crippen LogP contribution < -0.4 is 5.73 Å². The molecule has 0 bridgehead atoms. The van der Waals surface area contributed by atoms with E-state index in [0.29, 0.717) is 0 Å². The summed E-state index contributed by atoms with van der Waals surface area (Å²) in [5, 5.41) is 0. The second kappa shape index (κ2) is 6.43. The summed E-state index contributed by atoms with van der Waals surface area (Å²) in [7, 11) is 0. The largest absolute Gasteiger partial charge is 0.327 e. The highest BCUT2D eigenvalue weighted by Gasteiger charge is 2.04. The SMILES string of the molecule is CCSCC(N)Cc1cncc(Br)c1. The molecule has 0 aliphatic rings. The van der Waals surface area contributed by atoms with Gasteiger partial charge in [0.25, 0.3) is 0 Å². The summed E-state index contributed by atoms with van der Waals surface area (Å²) in [5.74, 6) is 2.15. The second-order valence-corrected chi connectivity index (χ2v) is 5.37. The van der Waals surface area contributed by atoms with E-state index in [2.05, 4.69) is 33.9 Å². The number of nitrogens with zero attached hydrogens (tertiary/aromatic N) is 1. The van der Waals surface area contributed by atoms with Gasteiger partial charge in [0.2, 0.25) is 0 Å². The van der Waals surface area contributed by atoms with Crippen LogP contribution >= 0.6 is 27.7 Å². The first-order valence-electron chi connectivity index (χ1n) is 4.65. The molecule has 1 aromatic heterocycles. The minimum Gasteiger partial charge on any atom is -0.327 e. The van der Waals surface area contributed by atoms with E-state index in [1.165, 1.54) is 5.56 Å². The summed E-state index contributed by atoms with van der Waals surface area (Å²) in [4.78, 5) is 4.11. The summed E-state index contributed by atoms with van der Waals surface area (Å²) in [6.07, 6.45) is 4.57. The van der Waals surface area contributed by atoms with Gasteiger partial charge in [0.15, 0.2) is 0 Å². The van der Waals surface area contributed by atoms with Gasteiger partial charge in [-0.3, -0.25) is 4.98 Å². The first kappa shape index (κ1) is 12.0. The van der Waals surface area contributed by atoms with Crippen molar-refractivity contribution in [1.82, 2.24) is 4.98 Å². The molecule has 0 spiro atoms. The van der Waals surface area contributed by atoms with Crippen molar-refractivity contribution in [2.45, 2.75) is 19.4 Å². The van der Waals surface area contributed by atoms with E-state index in [0.717, 1.165) is 22.4 Å². The van der Waals surface area contributed by atoms with Crippen molar-refractivity contribution in [3.8, 4) is 0 Å². The molecule has 0 aliphatic carbocycles. The lowest BCUT2D eigenvalue weighted by Crippen LogP contribution is -2.25. The predicted octanol–water partition coefficient (Wildman–Crippen LogP) is 2.47. The average molecular weight is 275 g/mol. The van der Waals surface area contributed by atoms with Crippen LogP contribution in [0.15, 0.2) is 22.9 Å². The van der Waals surface area contributed by atoms with E-state index >= 15 is 0 Å². The maximum Gasteiger partial charge on any atom is 0.0410 e. The van der Waals surface area contributed by atoms with Crippen LogP contribution in [0.3, 0.4) is 0 Å². The summed E-state index contributed by atoms with van der Waals surface area (Å²) in [6.45, 7) is 2.15. The van der Waals surface area contributed by atoms with Crippen molar-refractivity contribution in [3.05, 3.63) is 28.5 Å². The lowest BCUT2D eigenvalue weighted by atomic mass is 10.1. The lowest BCUT2D eigenvalue weighted by Gasteiger charge is -2.10. The van der Waals surface area contributed by atoms with Crippen molar-refractivity contribution in [2.75, 3.05) is 11.5 Å². The number of hydrogen-bond acceptors (Lipinski definition) is 3. The molecule has 0 saturated carbocycles. The standard InChI is InChI=1S/C10H15BrN2S/c1-2-14-7-10(12)4-8-3-9(11)6-13-5-8/h3,5-6,10H,2,4,7,12H2,1H3. The third-order valence-electron chi connectivity index (χ3n) is 1.80. The first-order chi connectivity index (χ1) is 6.72. The van der Waals surface area contributed by atoms with Crippen LogP contribution in [0.2, 0.25) is 0 Å². The molecule has 1 aromatic rings. The zero-order chi connectivity index (χ0) is 10.4. The Kier molecular flexibility index (Phi) is 5.52. The van der Waals surface area contributed by atoms with Crippen LogP contribution in [0.4, 0.5) is 0 Å². The Balaban J connectivity index is 2.43. The van der Waals surface area contributed by atoms with Gasteiger partial charge in [-0.25, -0.2) is 0 Å². The molecule has 14 heavy (non-hydrogen) atoms. The minimum atomic E-state index is 0.232. The van der Waals surface area contributed by atoms with Gasteiger partial charge >= 0.3 is 0 Å². The number of nitrogens with two attached hydrogens (primary N) is 1. The molecule has 0 amide bonds. The van der Waals surface area contributed by atoms with E-state index in [-0.39, 0.29) is 6.04 Å². The van der Waals surface area contributed by atoms with Gasteiger partial charge in [0.1, 0.15) is 0 Å². The van der Waals surface area contributed by atoms with Gasteiger partial charge in [0, 0.05) is 28.7 Å². The number of aromatic nitrogens is 1. The van der Waals surface area contributed by atoms with E-state index < -0.39 is 0 Å². The molecule has 1 rings (SSSR count). The molecule has 1 heterocycles. The van der Waals surface area contributed by atoms with Gasteiger partial charge in [-0.1, -0.05) is 6.92 Å². The fraction of sp³-hybridized carbons (Fsp3) is 0.500. The molecule has 78 valence electrons. The van der Waals surface area contributed by atoms with Crippen LogP contribution in [0.1, 0.15) is 12.5 Å². The molecule has 1 atom stereocenters. The number of hydrogen-bond donors (Lipinski definition) is 1. The van der Waals surface area contributed by atoms with Crippen molar-refractivity contribution in [1.29, 1.82) is 0 Å². The maximum atomic E-state index is 5.98. The highest BCUT2D eigenvalue weighted by Crippen LogP contribution is 2.12. The third-order valence-corrected chi connectivity index (χ3v) is 3.30. The van der Waals surface area contributed by atoms with Gasteiger partial charge in [0.05, 0.1) is 0 Å². The van der Waals surface area contributed by atoms with Gasteiger partial charge < -0.3 is 5.73 Å². The summed E-state index contributed by atoms with van der Waals surface area (Å²) < 4.78 is 1.02. The number of halogens is 1. The first-order valence-corrected chi connectivity index (χ1v) is 6.60. The van der Waals surface area contributed by atoms with Crippen LogP contribution in [0.5, 0.6) is 0 Å². The number of thioether (sulfide) groups is 1. The molecule has 1 unspecified atom stereocenters. The fourth-order valence-electron chi connectivity index (χ4n) is 1.20. The monoisotopic (exact) mass is 274 g/mol. The zero-order valence-electron chi connectivity index (χ0n) is 8.24. The van der Waals surface area contributed by atoms with Crippen LogP contribution in [-0.2, 0) is 6.42 Å². The Bertz CT molecular complexity index is 281. The summed E-state index contributed by atoms with van der Waals surface area (Å²) >= 11 is 5.28. The van der Waals surface area contributed by atoms with Crippen LogP contribution in [-0.4, -0.2) is 22.5 Å². The fourth-order valence-corrected chi connectivity index (χ4v) is 2.27. The molecule has 2 N–H and O–H groups in total. The molecule has 4 heteroatoms. The second-order valence-electron chi connectivity index (χ2n) is 3.14. The Morgan fingerprint density at radius 1 is 1.57 bits per heavy atom. The molecule has 0 fully saturated rings. The molecule has 0 aromatic carbocycles. The Hall–Kier alpha value is -0.0600. The topological polar surface area (TPSA) is 38.9 Å². The predicted molar refractivity (Wildman–Crippen MR) is 66.6 cm³/mol. The smallest absolute Gasteiger partial charge is 0.0410 e. The minimum absolute atomic E-state index is 0.232. The molecule has 2 nitrogen and oxygen atoms in total. The molecule has 0 radical (unpaired) electrons. The van der Waals surface area contributed by atoms with Crippen molar-refractivity contribution in [2.24, 2.45) is 5.73 Å². The molecular formula is C10H15BrN2S. The highest BCUT2D eigenvalue weighted by molar-refractivity contribution is 9.10. The summed E-state index contributed by atoms with van der Waals surface area (Å²) in [6, 6.07) is 2.31. The Labute approximate surface area is 97.8 Å². The van der Waals surface area contributed by atoms with Crippen LogP contribution in [0.25, 0.3) is 0 Å². The zero-order valence-corrected chi connectivity index (χ0v) is 10.6. The highest BCUT2D eigenvalue weighted by atomic mass is 79.9. The van der Waals surface area contributed by atoms with E-state index in [9.17, 15) is 0 Å². The molecule has 0 aliphatic heterocycles. The van der Waals surface area contributed by atoms with Crippen molar-refractivity contribution in [3.63, 3.8) is 0 Å². The quantitative estimate of drug-likeness (QED) is 0.897. The summed E-state index contributed by atoms with van der Waals surface area (Å²) in [5.41, 5.74) is 7.18. The molecule has 0 saturated heterocycles. The van der Waals surface area contributed by atoms with Crippen molar-refractivity contribution < 1.29 is 0 Å². The van der Waals surface area contributed by atoms with Gasteiger partial charge in [-0.05, 0) is 39.7 Å². The molecular weight excluding hydrogens is 260 g/mol. The normalized spacial score (nSPS) is 12.8. The van der Waals surface area contributed by atoms with E-state index in [1.807, 2.05) is 18.0 Å². The average Bonchev–Trinajstić information content (AvgIpc) is 2.15. The third kappa shape index (κ3) is 4.44. The number of pyridine rings is 1. The Morgan fingerprint density at radius 2 is 2.36 bits per heavy atom. The maximum absolute atomic E-state index is 5.98. The van der Waals surface area contributed by atoms with Gasteiger partial charge in [-0.15, -0.1) is 0 Å².